The van der Waals surface area contributed by atoms with Gasteiger partial charge in [-0.1, -0.05) is 77.3 Å². The maximum Gasteiger partial charge on any atom is 0.334 e. The number of phenols is 3. The molecule has 290 valence electrons. The summed E-state index contributed by atoms with van der Waals surface area (Å²) >= 11 is 0. The number of aliphatic carboxylic acids is 1. The van der Waals surface area contributed by atoms with Crippen LogP contribution in [0.2, 0.25) is 0 Å². The molecule has 1 aliphatic carbocycles. The summed E-state index contributed by atoms with van der Waals surface area (Å²) in [5.74, 6) is -2.10. The van der Waals surface area contributed by atoms with Gasteiger partial charge in [0.25, 0.3) is 0 Å². The summed E-state index contributed by atoms with van der Waals surface area (Å²) in [5.41, 5.74) is 15.3. The second-order valence-electron chi connectivity index (χ2n) is 15.9. The highest BCUT2D eigenvalue weighted by Gasteiger charge is 2.52. The Morgan fingerprint density at radius 2 is 1.21 bits per heavy atom. The minimum atomic E-state index is -1.69. The van der Waals surface area contributed by atoms with Crippen molar-refractivity contribution in [3.05, 3.63) is 82.9 Å². The van der Waals surface area contributed by atoms with Crippen LogP contribution in [0.15, 0.2) is 60.7 Å². The maximum atomic E-state index is 13.0. The normalized spacial score (nSPS) is 17.2. The van der Waals surface area contributed by atoms with Gasteiger partial charge in [0.2, 0.25) is 0 Å². The molecule has 0 unspecified atom stereocenters. The number of carbonyl (C=O) groups is 3. The minimum absolute atomic E-state index is 0.0717. The molecule has 0 aromatic heterocycles. The molecule has 0 radical (unpaired) electrons. The van der Waals surface area contributed by atoms with E-state index in [-0.39, 0.29) is 17.2 Å². The highest BCUT2D eigenvalue weighted by atomic mass is 16.6. The lowest BCUT2D eigenvalue weighted by Crippen LogP contribution is -2.63. The fourth-order valence-electron chi connectivity index (χ4n) is 6.32. The lowest BCUT2D eigenvalue weighted by atomic mass is 9.68. The van der Waals surface area contributed by atoms with Crippen molar-refractivity contribution < 1.29 is 44.3 Å². The number of ether oxygens (including phenoxy) is 2. The van der Waals surface area contributed by atoms with Crippen molar-refractivity contribution in [3.8, 4) is 23.0 Å². The zero-order chi connectivity index (χ0) is 40.2. The lowest BCUT2D eigenvalue weighted by molar-refractivity contribution is -0.169. The standard InChI is InChI=1S/C24H32N2O6.C17H25NO3/c1-21(2,14-7-10-16(27)11-8-14)23(5,25)19(30)32-20(31)24(6,26)22(3,4)15-9-12-17(28)18(29)13-15;1-17(18,16(19)20)11-12-8-9-15(21-2)14(10-12)13-6-4-3-5-7-13/h7-13,27-29H,25-26H2,1-6H3;8-10,13H,3-7,11,18H2,1-2H3,(H,19,20)/t23-,24-;17-/m10/s1. The van der Waals surface area contributed by atoms with Crippen molar-refractivity contribution >= 4 is 17.9 Å². The molecule has 12 heteroatoms. The van der Waals surface area contributed by atoms with Crippen molar-refractivity contribution in [2.24, 2.45) is 17.2 Å². The van der Waals surface area contributed by atoms with E-state index < -0.39 is 45.4 Å². The molecule has 0 bridgehead atoms. The third-order valence-corrected chi connectivity index (χ3v) is 11.3. The highest BCUT2D eigenvalue weighted by Crippen LogP contribution is 2.40. The van der Waals surface area contributed by atoms with Gasteiger partial charge in [-0.3, -0.25) is 4.79 Å². The second kappa shape index (κ2) is 16.2. The summed E-state index contributed by atoms with van der Waals surface area (Å²) in [4.78, 5) is 37.2. The van der Waals surface area contributed by atoms with Gasteiger partial charge in [0.1, 0.15) is 28.1 Å². The molecule has 0 spiro atoms. The van der Waals surface area contributed by atoms with E-state index in [1.807, 2.05) is 12.1 Å². The van der Waals surface area contributed by atoms with Gasteiger partial charge in [0, 0.05) is 17.3 Å². The molecule has 1 saturated carbocycles. The fourth-order valence-corrected chi connectivity index (χ4v) is 6.32. The number of methoxy groups -OCH3 is 1. The van der Waals surface area contributed by atoms with E-state index >= 15 is 0 Å². The molecule has 0 amide bonds. The molecule has 3 atom stereocenters. The Hall–Kier alpha value is -4.65. The first-order chi connectivity index (χ1) is 24.4. The fraction of sp³-hybridized carbons (Fsp3) is 0.488. The predicted molar refractivity (Wildman–Crippen MR) is 203 cm³/mol. The van der Waals surface area contributed by atoms with Crippen LogP contribution in [0.3, 0.4) is 0 Å². The second-order valence-corrected chi connectivity index (χ2v) is 15.9. The number of carbonyl (C=O) groups excluding carboxylic acids is 2. The third kappa shape index (κ3) is 9.30. The molecule has 0 saturated heterocycles. The van der Waals surface area contributed by atoms with E-state index in [0.29, 0.717) is 23.5 Å². The molecular formula is C41H57N3O9. The highest BCUT2D eigenvalue weighted by molar-refractivity contribution is 5.96. The van der Waals surface area contributed by atoms with E-state index in [0.717, 1.165) is 11.3 Å². The first-order valence-electron chi connectivity index (χ1n) is 17.8. The number of nitrogens with two attached hydrogens (primary N) is 3. The smallest absolute Gasteiger partial charge is 0.334 e. The molecule has 3 aromatic rings. The molecular weight excluding hydrogens is 678 g/mol. The predicted octanol–water partition coefficient (Wildman–Crippen LogP) is 5.65. The van der Waals surface area contributed by atoms with E-state index in [4.69, 9.17) is 26.7 Å². The van der Waals surface area contributed by atoms with Crippen molar-refractivity contribution in [1.29, 1.82) is 0 Å². The van der Waals surface area contributed by atoms with Crippen molar-refractivity contribution in [1.82, 2.24) is 0 Å². The van der Waals surface area contributed by atoms with Gasteiger partial charge in [0.05, 0.1) is 7.11 Å². The molecule has 53 heavy (non-hydrogen) atoms. The van der Waals surface area contributed by atoms with Gasteiger partial charge >= 0.3 is 17.9 Å². The van der Waals surface area contributed by atoms with Crippen molar-refractivity contribution in [2.75, 3.05) is 7.11 Å². The van der Waals surface area contributed by atoms with Gasteiger partial charge in [-0.2, -0.15) is 0 Å². The topological polar surface area (TPSA) is 229 Å². The van der Waals surface area contributed by atoms with Crippen LogP contribution in [0.25, 0.3) is 0 Å². The summed E-state index contributed by atoms with van der Waals surface area (Å²) in [6.07, 6.45) is 6.49. The molecule has 0 aliphatic heterocycles. The van der Waals surface area contributed by atoms with Gasteiger partial charge in [-0.05, 0) is 92.1 Å². The Morgan fingerprint density at radius 3 is 1.70 bits per heavy atom. The third-order valence-electron chi connectivity index (χ3n) is 11.3. The number of hydrogen-bond donors (Lipinski definition) is 7. The minimum Gasteiger partial charge on any atom is -0.508 e. The van der Waals surface area contributed by atoms with Crippen LogP contribution < -0.4 is 21.9 Å². The lowest BCUT2D eigenvalue weighted by Gasteiger charge is -2.42. The zero-order valence-corrected chi connectivity index (χ0v) is 32.2. The number of phenolic OH excluding ortho intramolecular Hbond substituents is 3. The quantitative estimate of drug-likeness (QED) is 0.0720. The van der Waals surface area contributed by atoms with Crippen LogP contribution in [0.4, 0.5) is 0 Å². The van der Waals surface area contributed by atoms with Crippen LogP contribution in [0.5, 0.6) is 23.0 Å². The SMILES string of the molecule is CC(C)(c1ccc(O)cc1)[C@](C)(N)C(=O)OC(=O)[C@@](C)(N)C(C)(C)c1ccc(O)c(O)c1.COc1ccc(C[C@](C)(N)C(=O)O)cc1C1CCCCC1. The Kier molecular flexibility index (Phi) is 13.0. The summed E-state index contributed by atoms with van der Waals surface area (Å²) in [6, 6.07) is 16.3. The summed E-state index contributed by atoms with van der Waals surface area (Å²) in [7, 11) is 1.69. The van der Waals surface area contributed by atoms with Gasteiger partial charge in [0.15, 0.2) is 11.5 Å². The van der Waals surface area contributed by atoms with Gasteiger partial charge < -0.3 is 47.1 Å². The monoisotopic (exact) mass is 735 g/mol. The summed E-state index contributed by atoms with van der Waals surface area (Å²) in [6.45, 7) is 11.2. The van der Waals surface area contributed by atoms with Gasteiger partial charge in [-0.15, -0.1) is 0 Å². The number of rotatable bonds is 11. The molecule has 0 heterocycles. The molecule has 4 rings (SSSR count). The maximum absolute atomic E-state index is 13.0. The largest absolute Gasteiger partial charge is 0.508 e. The van der Waals surface area contributed by atoms with Crippen LogP contribution in [0.1, 0.15) is 109 Å². The zero-order valence-electron chi connectivity index (χ0n) is 32.2. The van der Waals surface area contributed by atoms with E-state index in [1.165, 1.54) is 81.8 Å². The number of benzene rings is 3. The number of aromatic hydroxyl groups is 3. The molecule has 12 nitrogen and oxygen atoms in total. The molecule has 3 aromatic carbocycles. The van der Waals surface area contributed by atoms with Crippen molar-refractivity contribution in [2.45, 2.75) is 120 Å². The Morgan fingerprint density at radius 1 is 0.698 bits per heavy atom. The Bertz CT molecular complexity index is 1770. The van der Waals surface area contributed by atoms with E-state index in [2.05, 4.69) is 6.07 Å². The number of carboxylic acids is 1. The van der Waals surface area contributed by atoms with Crippen LogP contribution in [0, 0.1) is 0 Å². The first-order valence-corrected chi connectivity index (χ1v) is 17.8. The average molecular weight is 736 g/mol. The van der Waals surface area contributed by atoms with Crippen molar-refractivity contribution in [3.63, 3.8) is 0 Å². The van der Waals surface area contributed by atoms with E-state index in [1.54, 1.807) is 53.9 Å². The molecule has 1 fully saturated rings. The molecule has 10 N–H and O–H groups in total. The average Bonchev–Trinajstić information content (AvgIpc) is 3.09. The van der Waals surface area contributed by atoms with Crippen LogP contribution >= 0.6 is 0 Å². The number of hydrogen-bond acceptors (Lipinski definition) is 11. The van der Waals surface area contributed by atoms with Crippen LogP contribution in [-0.2, 0) is 36.4 Å². The number of esters is 2. The Balaban J connectivity index is 0.000000311. The number of carboxylic acid groups (broad SMARTS) is 1. The van der Waals surface area contributed by atoms with Crippen LogP contribution in [-0.4, -0.2) is 62.1 Å². The van der Waals surface area contributed by atoms with Gasteiger partial charge in [-0.25, -0.2) is 9.59 Å². The first kappa shape index (κ1) is 42.8. The Labute approximate surface area is 312 Å². The molecule has 1 aliphatic rings. The summed E-state index contributed by atoms with van der Waals surface area (Å²) in [5, 5.41) is 38.1. The summed E-state index contributed by atoms with van der Waals surface area (Å²) < 4.78 is 10.7. The van der Waals surface area contributed by atoms with E-state index in [9.17, 15) is 34.8 Å².